The van der Waals surface area contributed by atoms with Gasteiger partial charge in [0.1, 0.15) is 0 Å². The number of hydrogen-bond acceptors (Lipinski definition) is 3. The molecule has 0 saturated carbocycles. The summed E-state index contributed by atoms with van der Waals surface area (Å²) in [5, 5.41) is 3.20. The third kappa shape index (κ3) is 6.31. The van der Waals surface area contributed by atoms with E-state index in [0.29, 0.717) is 0 Å². The fourth-order valence-corrected chi connectivity index (χ4v) is 5.01. The Balaban J connectivity index is 1.31. The Morgan fingerprint density at radius 1 is 1.07 bits per heavy atom. The highest BCUT2D eigenvalue weighted by Crippen LogP contribution is 2.22. The number of rotatable bonds is 7. The second kappa shape index (κ2) is 10.4. The van der Waals surface area contributed by atoms with Crippen molar-refractivity contribution in [1.29, 1.82) is 0 Å². The van der Waals surface area contributed by atoms with Gasteiger partial charge in [-0.05, 0) is 75.2 Å². The Labute approximate surface area is 171 Å². The van der Waals surface area contributed by atoms with Crippen LogP contribution in [0.25, 0.3) is 0 Å². The van der Waals surface area contributed by atoms with E-state index in [4.69, 9.17) is 0 Å². The van der Waals surface area contributed by atoms with E-state index in [0.717, 1.165) is 63.8 Å². The van der Waals surface area contributed by atoms with Gasteiger partial charge in [0.2, 0.25) is 5.91 Å². The summed E-state index contributed by atoms with van der Waals surface area (Å²) in [6.07, 6.45) is 4.39. The molecule has 1 N–H and O–H groups in total. The Kier molecular flexibility index (Phi) is 7.92. The molecule has 0 unspecified atom stereocenters. The van der Waals surface area contributed by atoms with Crippen molar-refractivity contribution in [2.24, 2.45) is 17.8 Å². The Morgan fingerprint density at radius 3 is 2.43 bits per heavy atom. The van der Waals surface area contributed by atoms with Gasteiger partial charge in [-0.1, -0.05) is 38.1 Å². The van der Waals surface area contributed by atoms with E-state index in [1.807, 2.05) is 0 Å². The van der Waals surface area contributed by atoms with Gasteiger partial charge in [-0.3, -0.25) is 9.69 Å². The van der Waals surface area contributed by atoms with E-state index in [2.05, 4.69) is 60.2 Å². The summed E-state index contributed by atoms with van der Waals surface area (Å²) in [7, 11) is 0. The van der Waals surface area contributed by atoms with Crippen LogP contribution in [0, 0.1) is 24.7 Å². The zero-order chi connectivity index (χ0) is 19.9. The van der Waals surface area contributed by atoms with Crippen molar-refractivity contribution in [3.8, 4) is 0 Å². The number of likely N-dealkylation sites (tertiary alicyclic amines) is 2. The fourth-order valence-electron chi connectivity index (χ4n) is 5.01. The lowest BCUT2D eigenvalue weighted by Gasteiger charge is -2.35. The molecule has 3 rings (SSSR count). The largest absolute Gasteiger partial charge is 0.356 e. The minimum atomic E-state index is 0.197. The van der Waals surface area contributed by atoms with Crippen LogP contribution in [0.15, 0.2) is 24.3 Å². The Morgan fingerprint density at radius 2 is 1.75 bits per heavy atom. The van der Waals surface area contributed by atoms with Gasteiger partial charge in [-0.2, -0.15) is 0 Å². The van der Waals surface area contributed by atoms with Crippen LogP contribution < -0.4 is 5.32 Å². The first kappa shape index (κ1) is 21.3. The number of carbonyl (C=O) groups excluding carboxylic acids is 1. The lowest BCUT2D eigenvalue weighted by molar-refractivity contribution is -0.126. The SMILES string of the molecule is Cc1ccccc1CN1CCC(C(=O)NCCCN2C[C@H](C)C[C@H](C)C2)CC1. The molecule has 4 nitrogen and oxygen atoms in total. The first-order chi connectivity index (χ1) is 13.5. The quantitative estimate of drug-likeness (QED) is 0.727. The van der Waals surface area contributed by atoms with E-state index in [1.165, 1.54) is 30.6 Å². The van der Waals surface area contributed by atoms with Crippen LogP contribution in [0.2, 0.25) is 0 Å². The predicted octanol–water partition coefficient (Wildman–Crippen LogP) is 3.69. The van der Waals surface area contributed by atoms with E-state index in [9.17, 15) is 4.79 Å². The van der Waals surface area contributed by atoms with Crippen molar-refractivity contribution >= 4 is 5.91 Å². The van der Waals surface area contributed by atoms with Gasteiger partial charge < -0.3 is 10.2 Å². The predicted molar refractivity (Wildman–Crippen MR) is 116 cm³/mol. The van der Waals surface area contributed by atoms with Gasteiger partial charge in [0.05, 0.1) is 0 Å². The maximum absolute atomic E-state index is 12.5. The van der Waals surface area contributed by atoms with E-state index in [-0.39, 0.29) is 11.8 Å². The van der Waals surface area contributed by atoms with Gasteiger partial charge in [0.15, 0.2) is 0 Å². The molecular weight excluding hydrogens is 346 g/mol. The summed E-state index contributed by atoms with van der Waals surface area (Å²) in [5.74, 6) is 2.09. The molecule has 0 aromatic heterocycles. The molecule has 2 atom stereocenters. The molecule has 156 valence electrons. The molecule has 0 radical (unpaired) electrons. The average Bonchev–Trinajstić information content (AvgIpc) is 2.67. The smallest absolute Gasteiger partial charge is 0.223 e. The molecule has 2 aliphatic heterocycles. The van der Waals surface area contributed by atoms with Crippen molar-refractivity contribution in [3.63, 3.8) is 0 Å². The number of amides is 1. The summed E-state index contributed by atoms with van der Waals surface area (Å²) < 4.78 is 0. The third-order valence-corrected chi connectivity index (χ3v) is 6.51. The number of benzene rings is 1. The van der Waals surface area contributed by atoms with Crippen molar-refractivity contribution < 1.29 is 4.79 Å². The van der Waals surface area contributed by atoms with Gasteiger partial charge in [0, 0.05) is 32.1 Å². The van der Waals surface area contributed by atoms with E-state index >= 15 is 0 Å². The monoisotopic (exact) mass is 385 g/mol. The second-order valence-electron chi connectivity index (χ2n) is 9.33. The lowest BCUT2D eigenvalue weighted by Crippen LogP contribution is -2.42. The average molecular weight is 386 g/mol. The van der Waals surface area contributed by atoms with Crippen molar-refractivity contribution in [3.05, 3.63) is 35.4 Å². The molecule has 0 bridgehead atoms. The number of nitrogens with one attached hydrogen (secondary N) is 1. The number of aryl methyl sites for hydroxylation is 1. The van der Waals surface area contributed by atoms with Gasteiger partial charge in [-0.25, -0.2) is 0 Å². The highest BCUT2D eigenvalue weighted by molar-refractivity contribution is 5.78. The van der Waals surface area contributed by atoms with Crippen LogP contribution in [0.3, 0.4) is 0 Å². The molecule has 28 heavy (non-hydrogen) atoms. The summed E-state index contributed by atoms with van der Waals surface area (Å²) in [6, 6.07) is 8.62. The second-order valence-corrected chi connectivity index (χ2v) is 9.33. The van der Waals surface area contributed by atoms with Crippen LogP contribution in [0.1, 0.15) is 50.7 Å². The van der Waals surface area contributed by atoms with Crippen LogP contribution in [-0.4, -0.2) is 55.0 Å². The molecule has 0 spiro atoms. The molecule has 1 aromatic carbocycles. The van der Waals surface area contributed by atoms with Crippen molar-refractivity contribution in [2.45, 2.75) is 53.0 Å². The molecule has 0 aliphatic carbocycles. The van der Waals surface area contributed by atoms with Gasteiger partial charge >= 0.3 is 0 Å². The number of piperidine rings is 2. The van der Waals surface area contributed by atoms with E-state index < -0.39 is 0 Å². The number of carbonyl (C=O) groups is 1. The minimum absolute atomic E-state index is 0.197. The van der Waals surface area contributed by atoms with Crippen LogP contribution in [-0.2, 0) is 11.3 Å². The van der Waals surface area contributed by atoms with Crippen molar-refractivity contribution in [1.82, 2.24) is 15.1 Å². The highest BCUT2D eigenvalue weighted by Gasteiger charge is 2.25. The molecule has 2 fully saturated rings. The summed E-state index contributed by atoms with van der Waals surface area (Å²) in [4.78, 5) is 17.6. The van der Waals surface area contributed by atoms with E-state index in [1.54, 1.807) is 0 Å². The fraction of sp³-hybridized carbons (Fsp3) is 0.708. The minimum Gasteiger partial charge on any atom is -0.356 e. The normalized spacial score (nSPS) is 25.0. The highest BCUT2D eigenvalue weighted by atomic mass is 16.1. The first-order valence-corrected chi connectivity index (χ1v) is 11.3. The summed E-state index contributed by atoms with van der Waals surface area (Å²) >= 11 is 0. The first-order valence-electron chi connectivity index (χ1n) is 11.3. The van der Waals surface area contributed by atoms with Gasteiger partial charge in [0.25, 0.3) is 0 Å². The molecule has 2 heterocycles. The number of hydrogen-bond donors (Lipinski definition) is 1. The summed E-state index contributed by atoms with van der Waals surface area (Å²) in [6.45, 7) is 14.3. The molecule has 1 amide bonds. The topological polar surface area (TPSA) is 35.6 Å². The maximum Gasteiger partial charge on any atom is 0.223 e. The zero-order valence-corrected chi connectivity index (χ0v) is 18.1. The molecule has 2 saturated heterocycles. The molecule has 1 aromatic rings. The molecule has 2 aliphatic rings. The summed E-state index contributed by atoms with van der Waals surface area (Å²) in [5.41, 5.74) is 2.77. The number of nitrogens with zero attached hydrogens (tertiary/aromatic N) is 2. The molecule has 4 heteroatoms. The van der Waals surface area contributed by atoms with Crippen LogP contribution in [0.5, 0.6) is 0 Å². The van der Waals surface area contributed by atoms with Crippen LogP contribution in [0.4, 0.5) is 0 Å². The lowest BCUT2D eigenvalue weighted by atomic mass is 9.92. The Bertz CT molecular complexity index is 614. The van der Waals surface area contributed by atoms with Crippen LogP contribution >= 0.6 is 0 Å². The maximum atomic E-state index is 12.5. The Hall–Kier alpha value is -1.39. The zero-order valence-electron chi connectivity index (χ0n) is 18.1. The van der Waals surface area contributed by atoms with Crippen molar-refractivity contribution in [2.75, 3.05) is 39.3 Å². The third-order valence-electron chi connectivity index (χ3n) is 6.51. The molecular formula is C24H39N3O. The van der Waals surface area contributed by atoms with Gasteiger partial charge in [-0.15, -0.1) is 0 Å². The standard InChI is InChI=1S/C24H39N3O/c1-19-15-20(2)17-27(16-19)12-6-11-25-24(28)22-9-13-26(14-10-22)18-23-8-5-4-7-21(23)3/h4-5,7-8,19-20,22H,6,9-18H2,1-3H3,(H,25,28)/t19-,20+.